The quantitative estimate of drug-likeness (QED) is 0.426. The first-order valence-electron chi connectivity index (χ1n) is 9.73. The lowest BCUT2D eigenvalue weighted by molar-refractivity contribution is 0.0601. The Hall–Kier alpha value is -3.54. The minimum Gasteiger partial charge on any atom is -0.493 e. The van der Waals surface area contributed by atoms with Crippen molar-refractivity contribution < 1.29 is 18.7 Å². The molecule has 1 aromatic heterocycles. The molecule has 0 saturated carbocycles. The van der Waals surface area contributed by atoms with Gasteiger partial charge in [0.15, 0.2) is 0 Å². The van der Waals surface area contributed by atoms with Gasteiger partial charge in [0, 0.05) is 12.4 Å². The van der Waals surface area contributed by atoms with Crippen LogP contribution in [0.4, 0.5) is 10.1 Å². The topological polar surface area (TPSA) is 60.8 Å². The number of pyridine rings is 1. The molecule has 2 heterocycles. The van der Waals surface area contributed by atoms with Crippen LogP contribution in [0.1, 0.15) is 34.7 Å². The van der Waals surface area contributed by atoms with E-state index in [1.807, 2.05) is 18.3 Å². The van der Waals surface area contributed by atoms with E-state index in [9.17, 15) is 9.18 Å². The largest absolute Gasteiger partial charge is 0.493 e. The van der Waals surface area contributed by atoms with Gasteiger partial charge in [-0.2, -0.15) is 0 Å². The number of ether oxygens (including phenoxy) is 2. The maximum atomic E-state index is 13.2. The number of aliphatic imine (C=N–C) groups is 1. The van der Waals surface area contributed by atoms with Gasteiger partial charge in [-0.1, -0.05) is 24.3 Å². The van der Waals surface area contributed by atoms with Gasteiger partial charge in [0.05, 0.1) is 31.2 Å². The molecule has 3 aromatic rings. The summed E-state index contributed by atoms with van der Waals surface area (Å²) in [5.74, 6) is 0.418. The third-order valence-corrected chi connectivity index (χ3v) is 5.18. The predicted molar refractivity (Wildman–Crippen MR) is 113 cm³/mol. The minimum atomic E-state index is -0.436. The fourth-order valence-electron chi connectivity index (χ4n) is 3.58. The average Bonchev–Trinajstić information content (AvgIpc) is 2.79. The molecule has 0 radical (unpaired) electrons. The summed E-state index contributed by atoms with van der Waals surface area (Å²) in [4.78, 5) is 20.4. The van der Waals surface area contributed by atoms with E-state index in [0.717, 1.165) is 28.9 Å². The highest BCUT2D eigenvalue weighted by Crippen LogP contribution is 2.38. The number of hydrogen-bond donors (Lipinski definition) is 0. The number of rotatable bonds is 5. The second-order valence-corrected chi connectivity index (χ2v) is 7.03. The third-order valence-electron chi connectivity index (χ3n) is 5.18. The van der Waals surface area contributed by atoms with Crippen LogP contribution in [0.5, 0.6) is 5.75 Å². The second-order valence-electron chi connectivity index (χ2n) is 7.03. The van der Waals surface area contributed by atoms with Gasteiger partial charge < -0.3 is 9.47 Å². The Morgan fingerprint density at radius 3 is 2.83 bits per heavy atom. The molecule has 30 heavy (non-hydrogen) atoms. The van der Waals surface area contributed by atoms with Crippen LogP contribution < -0.4 is 4.74 Å². The van der Waals surface area contributed by atoms with Crippen molar-refractivity contribution in [3.05, 3.63) is 77.9 Å². The zero-order valence-corrected chi connectivity index (χ0v) is 16.5. The summed E-state index contributed by atoms with van der Waals surface area (Å²) in [7, 11) is 1.34. The number of esters is 1. The second kappa shape index (κ2) is 8.86. The van der Waals surface area contributed by atoms with E-state index in [1.165, 1.54) is 19.2 Å². The van der Waals surface area contributed by atoms with E-state index in [1.54, 1.807) is 30.6 Å². The maximum Gasteiger partial charge on any atom is 0.340 e. The fraction of sp³-hybridized carbons (Fsp3) is 0.208. The number of aromatic nitrogens is 1. The Bertz CT molecular complexity index is 1080. The van der Waals surface area contributed by atoms with Crippen molar-refractivity contribution in [1.82, 2.24) is 4.98 Å². The molecule has 1 atom stereocenters. The molecule has 0 saturated heterocycles. The zero-order chi connectivity index (χ0) is 20.9. The van der Waals surface area contributed by atoms with Gasteiger partial charge in [-0.15, -0.1) is 0 Å². The van der Waals surface area contributed by atoms with E-state index < -0.39 is 5.97 Å². The molecule has 2 aromatic carbocycles. The molecule has 1 aliphatic rings. The minimum absolute atomic E-state index is 0.253. The van der Waals surface area contributed by atoms with Crippen LogP contribution in [0, 0.1) is 5.82 Å². The van der Waals surface area contributed by atoms with Gasteiger partial charge in [-0.05, 0) is 59.7 Å². The first-order valence-corrected chi connectivity index (χ1v) is 9.73. The maximum absolute atomic E-state index is 13.2. The van der Waals surface area contributed by atoms with E-state index in [4.69, 9.17) is 9.47 Å². The van der Waals surface area contributed by atoms with Crippen molar-refractivity contribution in [3.8, 4) is 16.9 Å². The van der Waals surface area contributed by atoms with Crippen molar-refractivity contribution in [2.24, 2.45) is 4.99 Å². The number of methoxy groups -OCH3 is 1. The average molecular weight is 404 g/mol. The molecule has 0 N–H and O–H groups in total. The van der Waals surface area contributed by atoms with Crippen molar-refractivity contribution in [2.45, 2.75) is 18.8 Å². The van der Waals surface area contributed by atoms with Gasteiger partial charge in [0.1, 0.15) is 11.6 Å². The highest BCUT2D eigenvalue weighted by Gasteiger charge is 2.21. The van der Waals surface area contributed by atoms with Gasteiger partial charge in [-0.25, -0.2) is 9.18 Å². The normalized spacial score (nSPS) is 15.5. The lowest BCUT2D eigenvalue weighted by Crippen LogP contribution is -2.14. The van der Waals surface area contributed by atoms with Crippen molar-refractivity contribution in [3.63, 3.8) is 0 Å². The smallest absolute Gasteiger partial charge is 0.340 e. The van der Waals surface area contributed by atoms with Gasteiger partial charge in [-0.3, -0.25) is 9.98 Å². The molecule has 0 fully saturated rings. The summed E-state index contributed by atoms with van der Waals surface area (Å²) in [6, 6.07) is 14.1. The van der Waals surface area contributed by atoms with Crippen molar-refractivity contribution in [1.29, 1.82) is 0 Å². The first kappa shape index (κ1) is 19.8. The summed E-state index contributed by atoms with van der Waals surface area (Å²) in [6.45, 7) is 0.624. The number of fused-ring (bicyclic) bond motifs is 1. The Morgan fingerprint density at radius 1 is 1.23 bits per heavy atom. The number of halogens is 1. The van der Waals surface area contributed by atoms with Crippen LogP contribution in [-0.4, -0.2) is 30.9 Å². The van der Waals surface area contributed by atoms with Gasteiger partial charge in [0.2, 0.25) is 0 Å². The monoisotopic (exact) mass is 404 g/mol. The molecule has 4 rings (SSSR count). The van der Waals surface area contributed by atoms with Crippen molar-refractivity contribution >= 4 is 17.9 Å². The molecule has 1 aliphatic heterocycles. The SMILES string of the molecule is COC(=O)c1ccncc1N=CCC1CCOc2cc(-c3ccc(F)cc3)ccc21. The van der Waals surface area contributed by atoms with Crippen LogP contribution in [0.3, 0.4) is 0 Å². The predicted octanol–water partition coefficient (Wildman–Crippen LogP) is 5.33. The number of benzene rings is 2. The Labute approximate surface area is 174 Å². The van der Waals surface area contributed by atoms with E-state index in [-0.39, 0.29) is 11.7 Å². The molecule has 0 bridgehead atoms. The lowest BCUT2D eigenvalue weighted by atomic mass is 9.89. The summed E-state index contributed by atoms with van der Waals surface area (Å²) in [5.41, 5.74) is 3.93. The van der Waals surface area contributed by atoms with Crippen molar-refractivity contribution in [2.75, 3.05) is 13.7 Å². The molecule has 0 spiro atoms. The van der Waals surface area contributed by atoms with Gasteiger partial charge >= 0.3 is 5.97 Å². The summed E-state index contributed by atoms with van der Waals surface area (Å²) in [5, 5.41) is 0. The highest BCUT2D eigenvalue weighted by molar-refractivity contribution is 5.95. The summed E-state index contributed by atoms with van der Waals surface area (Å²) >= 11 is 0. The van der Waals surface area contributed by atoms with Crippen LogP contribution >= 0.6 is 0 Å². The van der Waals surface area contributed by atoms with E-state index in [2.05, 4.69) is 16.0 Å². The standard InChI is InChI=1S/C24H21FN2O3/c1-29-24(28)21-9-11-26-15-22(21)27-12-8-17-10-13-30-23-14-18(4-7-20(17)23)16-2-5-19(25)6-3-16/h2-7,9,11-12,14-15,17H,8,10,13H2,1H3. The first-order chi connectivity index (χ1) is 14.7. The zero-order valence-electron chi connectivity index (χ0n) is 16.5. The number of carbonyl (C=O) groups is 1. The van der Waals surface area contributed by atoms with E-state index >= 15 is 0 Å². The lowest BCUT2D eigenvalue weighted by Gasteiger charge is -2.25. The van der Waals surface area contributed by atoms with Crippen LogP contribution in [-0.2, 0) is 4.74 Å². The van der Waals surface area contributed by atoms with Crippen LogP contribution in [0.2, 0.25) is 0 Å². The molecule has 152 valence electrons. The summed E-state index contributed by atoms with van der Waals surface area (Å²) < 4.78 is 23.9. The Balaban J connectivity index is 1.52. The molecule has 1 unspecified atom stereocenters. The highest BCUT2D eigenvalue weighted by atomic mass is 19.1. The van der Waals surface area contributed by atoms with E-state index in [0.29, 0.717) is 24.3 Å². The van der Waals surface area contributed by atoms with Crippen LogP contribution in [0.25, 0.3) is 11.1 Å². The molecule has 0 amide bonds. The summed E-state index contributed by atoms with van der Waals surface area (Å²) in [6.07, 6.45) is 6.50. The molecular weight excluding hydrogens is 383 g/mol. The van der Waals surface area contributed by atoms with Gasteiger partial charge in [0.25, 0.3) is 0 Å². The molecular formula is C24H21FN2O3. The molecule has 6 heteroatoms. The molecule has 5 nitrogen and oxygen atoms in total. The number of nitrogens with zero attached hydrogens (tertiary/aromatic N) is 2. The fourth-order valence-corrected chi connectivity index (χ4v) is 3.58. The van der Waals surface area contributed by atoms with Crippen LogP contribution in [0.15, 0.2) is 65.9 Å². The number of hydrogen-bond acceptors (Lipinski definition) is 5. The molecule has 0 aliphatic carbocycles. The number of carbonyl (C=O) groups excluding carboxylic acids is 1. The Kier molecular flexibility index (Phi) is 5.84. The Morgan fingerprint density at radius 2 is 2.03 bits per heavy atom. The third kappa shape index (κ3) is 4.22.